The molecule has 1 saturated heterocycles. The van der Waals surface area contributed by atoms with Gasteiger partial charge in [0.25, 0.3) is 5.91 Å². The second kappa shape index (κ2) is 6.49. The summed E-state index contributed by atoms with van der Waals surface area (Å²) in [5.41, 5.74) is 1.27. The molecule has 1 aliphatic carbocycles. The minimum Gasteiger partial charge on any atom is -0.307 e. The number of rotatable bonds is 4. The second-order valence-corrected chi connectivity index (χ2v) is 7.95. The van der Waals surface area contributed by atoms with Crippen LogP contribution in [0.2, 0.25) is 5.02 Å². The molecule has 2 fully saturated rings. The van der Waals surface area contributed by atoms with E-state index in [4.69, 9.17) is 11.6 Å². The number of carbonyl (C=O) groups excluding carboxylic acids is 2. The number of hydrogen-bond donors (Lipinski definition) is 1. The normalized spacial score (nSPS) is 18.8. The van der Waals surface area contributed by atoms with Crippen LogP contribution in [0.4, 0.5) is 5.82 Å². The van der Waals surface area contributed by atoms with Crippen molar-refractivity contribution in [3.05, 3.63) is 58.7 Å². The van der Waals surface area contributed by atoms with Crippen molar-refractivity contribution >= 4 is 29.1 Å². The number of anilines is 1. The smallest absolute Gasteiger partial charge is 0.256 e. The standard InChI is InChI=1S/C20H20ClN3O2/c1-24-11-20(12-24)9-14(10-20)18(25)16-3-2-4-17(22-16)23-19(26)13-5-7-15(21)8-6-13/h2-8,14H,9-12H2,1H3,(H,22,23,26). The average molecular weight is 370 g/mol. The quantitative estimate of drug-likeness (QED) is 0.838. The van der Waals surface area contributed by atoms with Crippen molar-refractivity contribution in [2.75, 3.05) is 25.5 Å². The topological polar surface area (TPSA) is 62.3 Å². The van der Waals surface area contributed by atoms with Crippen LogP contribution in [-0.4, -0.2) is 41.7 Å². The van der Waals surface area contributed by atoms with E-state index in [9.17, 15) is 9.59 Å². The molecular weight excluding hydrogens is 350 g/mol. The molecule has 26 heavy (non-hydrogen) atoms. The first-order valence-corrected chi connectivity index (χ1v) is 9.09. The number of pyridine rings is 1. The molecule has 2 aliphatic rings. The van der Waals surface area contributed by atoms with Gasteiger partial charge in [-0.15, -0.1) is 0 Å². The lowest BCUT2D eigenvalue weighted by Gasteiger charge is -2.57. The maximum absolute atomic E-state index is 12.7. The molecule has 1 N–H and O–H groups in total. The number of hydrogen-bond acceptors (Lipinski definition) is 4. The Morgan fingerprint density at radius 1 is 1.15 bits per heavy atom. The van der Waals surface area contributed by atoms with Gasteiger partial charge in [0.15, 0.2) is 5.78 Å². The largest absolute Gasteiger partial charge is 0.307 e. The Labute approximate surface area is 157 Å². The van der Waals surface area contributed by atoms with Gasteiger partial charge in [0.1, 0.15) is 11.5 Å². The minimum absolute atomic E-state index is 0.0541. The van der Waals surface area contributed by atoms with E-state index in [1.165, 1.54) is 0 Å². The van der Waals surface area contributed by atoms with E-state index in [2.05, 4.69) is 22.2 Å². The molecule has 1 saturated carbocycles. The van der Waals surface area contributed by atoms with E-state index in [1.807, 2.05) is 0 Å². The average Bonchev–Trinajstić information content (AvgIpc) is 2.57. The van der Waals surface area contributed by atoms with Gasteiger partial charge < -0.3 is 10.2 Å². The van der Waals surface area contributed by atoms with Gasteiger partial charge in [0.05, 0.1) is 0 Å². The van der Waals surface area contributed by atoms with Crippen LogP contribution in [0.25, 0.3) is 0 Å². The highest BCUT2D eigenvalue weighted by atomic mass is 35.5. The Morgan fingerprint density at radius 3 is 2.50 bits per heavy atom. The predicted molar refractivity (Wildman–Crippen MR) is 101 cm³/mol. The zero-order valence-electron chi connectivity index (χ0n) is 14.5. The molecule has 6 heteroatoms. The van der Waals surface area contributed by atoms with Crippen LogP contribution >= 0.6 is 11.6 Å². The Kier molecular flexibility index (Phi) is 4.29. The Balaban J connectivity index is 1.41. The maximum atomic E-state index is 12.7. The summed E-state index contributed by atoms with van der Waals surface area (Å²) < 4.78 is 0. The molecule has 4 rings (SSSR count). The van der Waals surface area contributed by atoms with Gasteiger partial charge in [-0.2, -0.15) is 0 Å². The molecule has 0 atom stereocenters. The summed E-state index contributed by atoms with van der Waals surface area (Å²) in [5.74, 6) is 0.235. The summed E-state index contributed by atoms with van der Waals surface area (Å²) in [6.07, 6.45) is 1.89. The summed E-state index contributed by atoms with van der Waals surface area (Å²) in [7, 11) is 2.11. The van der Waals surface area contributed by atoms with Crippen molar-refractivity contribution in [2.24, 2.45) is 11.3 Å². The number of carbonyl (C=O) groups is 2. The van der Waals surface area contributed by atoms with Crippen LogP contribution in [0.3, 0.4) is 0 Å². The molecule has 1 aliphatic heterocycles. The van der Waals surface area contributed by atoms with Crippen LogP contribution in [0.15, 0.2) is 42.5 Å². The number of benzene rings is 1. The molecule has 5 nitrogen and oxygen atoms in total. The minimum atomic E-state index is -0.279. The van der Waals surface area contributed by atoms with Crippen LogP contribution in [-0.2, 0) is 0 Å². The lowest BCUT2D eigenvalue weighted by molar-refractivity contribution is -0.0708. The van der Waals surface area contributed by atoms with Crippen molar-refractivity contribution in [3.63, 3.8) is 0 Å². The third-order valence-electron chi connectivity index (χ3n) is 5.29. The molecular formula is C20H20ClN3O2. The number of ketones is 1. The third-order valence-corrected chi connectivity index (χ3v) is 5.54. The second-order valence-electron chi connectivity index (χ2n) is 7.51. The fourth-order valence-electron chi connectivity index (χ4n) is 4.17. The predicted octanol–water partition coefficient (Wildman–Crippen LogP) is 3.51. The summed E-state index contributed by atoms with van der Waals surface area (Å²) in [5, 5.41) is 3.31. The fraction of sp³-hybridized carbons (Fsp3) is 0.350. The third kappa shape index (κ3) is 3.24. The van der Waals surface area contributed by atoms with E-state index in [-0.39, 0.29) is 17.6 Å². The Hall–Kier alpha value is -2.24. The van der Waals surface area contributed by atoms with Crippen molar-refractivity contribution < 1.29 is 9.59 Å². The number of aromatic nitrogens is 1. The van der Waals surface area contributed by atoms with Gasteiger partial charge in [-0.3, -0.25) is 9.59 Å². The van der Waals surface area contributed by atoms with Crippen LogP contribution in [0.1, 0.15) is 33.7 Å². The van der Waals surface area contributed by atoms with E-state index in [0.717, 1.165) is 25.9 Å². The number of nitrogens with zero attached hydrogens (tertiary/aromatic N) is 2. The summed E-state index contributed by atoms with van der Waals surface area (Å²) in [6.45, 7) is 2.17. The summed E-state index contributed by atoms with van der Waals surface area (Å²) >= 11 is 5.84. The van der Waals surface area contributed by atoms with Crippen LogP contribution in [0.5, 0.6) is 0 Å². The lowest BCUT2D eigenvalue weighted by Crippen LogP contribution is -2.61. The van der Waals surface area contributed by atoms with E-state index in [1.54, 1.807) is 42.5 Å². The molecule has 134 valence electrons. The highest BCUT2D eigenvalue weighted by Crippen LogP contribution is 2.52. The molecule has 0 radical (unpaired) electrons. The summed E-state index contributed by atoms with van der Waals surface area (Å²) in [6, 6.07) is 11.8. The monoisotopic (exact) mass is 369 g/mol. The van der Waals surface area contributed by atoms with Gasteiger partial charge in [0.2, 0.25) is 0 Å². The van der Waals surface area contributed by atoms with E-state index in [0.29, 0.717) is 27.5 Å². The van der Waals surface area contributed by atoms with Gasteiger partial charge in [-0.05, 0) is 61.7 Å². The van der Waals surface area contributed by atoms with Crippen molar-refractivity contribution in [1.29, 1.82) is 0 Å². The first-order chi connectivity index (χ1) is 12.4. The number of likely N-dealkylation sites (tertiary alicyclic amines) is 1. The van der Waals surface area contributed by atoms with Gasteiger partial charge in [0, 0.05) is 29.6 Å². The highest BCUT2D eigenvalue weighted by Gasteiger charge is 2.53. The first-order valence-electron chi connectivity index (χ1n) is 8.71. The van der Waals surface area contributed by atoms with Crippen LogP contribution in [0, 0.1) is 11.3 Å². The SMILES string of the molecule is CN1CC2(CC(C(=O)c3cccc(NC(=O)c4ccc(Cl)cc4)n3)C2)C1. The molecule has 0 bridgehead atoms. The van der Waals surface area contributed by atoms with Gasteiger partial charge >= 0.3 is 0 Å². The molecule has 2 aromatic rings. The molecule has 1 spiro atoms. The molecule has 0 unspecified atom stereocenters. The summed E-state index contributed by atoms with van der Waals surface area (Å²) in [4.78, 5) is 31.6. The lowest BCUT2D eigenvalue weighted by atomic mass is 9.56. The molecule has 2 heterocycles. The molecule has 1 amide bonds. The van der Waals surface area contributed by atoms with E-state index < -0.39 is 0 Å². The van der Waals surface area contributed by atoms with Crippen molar-refractivity contribution in [2.45, 2.75) is 12.8 Å². The van der Waals surface area contributed by atoms with Crippen molar-refractivity contribution in [3.8, 4) is 0 Å². The van der Waals surface area contributed by atoms with E-state index >= 15 is 0 Å². The Bertz CT molecular complexity index is 852. The van der Waals surface area contributed by atoms with Crippen molar-refractivity contribution in [1.82, 2.24) is 9.88 Å². The number of nitrogens with one attached hydrogen (secondary N) is 1. The number of halogens is 1. The maximum Gasteiger partial charge on any atom is 0.256 e. The fourth-order valence-corrected chi connectivity index (χ4v) is 4.29. The number of amides is 1. The van der Waals surface area contributed by atoms with Crippen LogP contribution < -0.4 is 5.32 Å². The number of Topliss-reactive ketones (excluding diaryl/α,β-unsaturated/α-hetero) is 1. The zero-order valence-corrected chi connectivity index (χ0v) is 15.3. The first kappa shape index (κ1) is 17.2. The molecule has 1 aromatic carbocycles. The Morgan fingerprint density at radius 2 is 1.85 bits per heavy atom. The zero-order chi connectivity index (χ0) is 18.3. The highest BCUT2D eigenvalue weighted by molar-refractivity contribution is 6.30. The van der Waals surface area contributed by atoms with Gasteiger partial charge in [-0.1, -0.05) is 17.7 Å². The van der Waals surface area contributed by atoms with Gasteiger partial charge in [-0.25, -0.2) is 4.98 Å². The molecule has 1 aromatic heterocycles.